The fourth-order valence-corrected chi connectivity index (χ4v) is 3.21. The number of pyridine rings is 1. The molecule has 1 aromatic heterocycles. The van der Waals surface area contributed by atoms with Crippen molar-refractivity contribution in [1.29, 1.82) is 0 Å². The van der Waals surface area contributed by atoms with Gasteiger partial charge in [0, 0.05) is 29.6 Å². The molecule has 1 aliphatic rings. The van der Waals surface area contributed by atoms with Gasteiger partial charge in [-0.25, -0.2) is 14.2 Å². The summed E-state index contributed by atoms with van der Waals surface area (Å²) in [6.45, 7) is -0.205. The molecule has 4 rings (SSSR count). The fourth-order valence-electron chi connectivity index (χ4n) is 3.21. The van der Waals surface area contributed by atoms with Crippen LogP contribution in [0.25, 0.3) is 17.0 Å². The van der Waals surface area contributed by atoms with Crippen molar-refractivity contribution in [3.63, 3.8) is 0 Å². The van der Waals surface area contributed by atoms with E-state index in [4.69, 9.17) is 4.74 Å². The van der Waals surface area contributed by atoms with E-state index in [0.29, 0.717) is 11.3 Å². The summed E-state index contributed by atoms with van der Waals surface area (Å²) < 4.78 is 19.0. The molecular weight excluding hydrogens is 383 g/mol. The highest BCUT2D eigenvalue weighted by atomic mass is 19.1. The first kappa shape index (κ1) is 19.8. The number of hydrogen-bond donors (Lipinski definition) is 0. The molecule has 0 radical (unpaired) electrons. The van der Waals surface area contributed by atoms with Crippen LogP contribution >= 0.6 is 0 Å². The summed E-state index contributed by atoms with van der Waals surface area (Å²) in [6.07, 6.45) is 4.56. The molecule has 1 fully saturated rings. The quantitative estimate of drug-likeness (QED) is 0.439. The summed E-state index contributed by atoms with van der Waals surface area (Å²) in [7, 11) is 0. The first-order chi connectivity index (χ1) is 14.6. The average Bonchev–Trinajstić information content (AvgIpc) is 3.60. The number of nitrogens with zero attached hydrogens (tertiary/aromatic N) is 2. The Morgan fingerprint density at radius 3 is 2.63 bits per heavy atom. The maximum atomic E-state index is 13.9. The molecule has 2 aromatic carbocycles. The van der Waals surface area contributed by atoms with E-state index in [1.807, 2.05) is 30.3 Å². The maximum absolute atomic E-state index is 13.9. The van der Waals surface area contributed by atoms with Gasteiger partial charge in [0.15, 0.2) is 6.61 Å². The Bertz CT molecular complexity index is 1110. The molecule has 1 saturated carbocycles. The van der Waals surface area contributed by atoms with Crippen LogP contribution in [0.5, 0.6) is 0 Å². The smallest absolute Gasteiger partial charge is 0.331 e. The molecule has 5 nitrogen and oxygen atoms in total. The Balaban J connectivity index is 1.34. The lowest BCUT2D eigenvalue weighted by atomic mass is 10.2. The maximum Gasteiger partial charge on any atom is 0.331 e. The van der Waals surface area contributed by atoms with Crippen molar-refractivity contribution >= 4 is 28.9 Å². The zero-order valence-corrected chi connectivity index (χ0v) is 16.3. The number of esters is 1. The molecule has 152 valence electrons. The van der Waals surface area contributed by atoms with Crippen LogP contribution in [-0.2, 0) is 20.9 Å². The number of para-hydroxylation sites is 1. The van der Waals surface area contributed by atoms with Crippen molar-refractivity contribution in [3.05, 3.63) is 83.8 Å². The van der Waals surface area contributed by atoms with Gasteiger partial charge >= 0.3 is 5.97 Å². The van der Waals surface area contributed by atoms with Gasteiger partial charge in [-0.2, -0.15) is 0 Å². The Labute approximate surface area is 173 Å². The number of carbonyl (C=O) groups is 2. The highest BCUT2D eigenvalue weighted by Crippen LogP contribution is 2.29. The number of carbonyl (C=O) groups excluding carboxylic acids is 2. The first-order valence-corrected chi connectivity index (χ1v) is 9.83. The van der Waals surface area contributed by atoms with E-state index >= 15 is 0 Å². The molecule has 0 saturated heterocycles. The molecule has 1 heterocycles. The van der Waals surface area contributed by atoms with Crippen LogP contribution in [0.3, 0.4) is 0 Å². The number of ether oxygens (including phenoxy) is 1. The van der Waals surface area contributed by atoms with Gasteiger partial charge in [0.2, 0.25) is 0 Å². The molecule has 0 spiro atoms. The number of amides is 1. The second kappa shape index (κ2) is 8.86. The molecule has 0 bridgehead atoms. The van der Waals surface area contributed by atoms with Gasteiger partial charge in [-0.05, 0) is 37.1 Å². The summed E-state index contributed by atoms with van der Waals surface area (Å²) in [5.41, 5.74) is 1.90. The van der Waals surface area contributed by atoms with Crippen LogP contribution in [0, 0.1) is 5.82 Å². The van der Waals surface area contributed by atoms with E-state index in [1.165, 1.54) is 12.1 Å². The number of aromatic nitrogens is 1. The SMILES string of the molecule is O=C(/C=C/c1ccc2ccccc2n1)OCC(=O)N(Cc1ccccc1F)C1CC1. The van der Waals surface area contributed by atoms with Crippen molar-refractivity contribution < 1.29 is 18.7 Å². The van der Waals surface area contributed by atoms with Crippen molar-refractivity contribution in [2.24, 2.45) is 0 Å². The summed E-state index contributed by atoms with van der Waals surface area (Å²) in [6, 6.07) is 17.9. The van der Waals surface area contributed by atoms with E-state index in [1.54, 1.807) is 35.2 Å². The number of fused-ring (bicyclic) bond motifs is 1. The van der Waals surface area contributed by atoms with Gasteiger partial charge in [0.05, 0.1) is 11.2 Å². The Morgan fingerprint density at radius 1 is 1.07 bits per heavy atom. The number of hydrogen-bond acceptors (Lipinski definition) is 4. The highest BCUT2D eigenvalue weighted by Gasteiger charge is 2.33. The predicted octanol–water partition coefficient (Wildman–Crippen LogP) is 4.12. The molecule has 1 aliphatic carbocycles. The molecule has 6 heteroatoms. The lowest BCUT2D eigenvalue weighted by Crippen LogP contribution is -2.36. The predicted molar refractivity (Wildman–Crippen MR) is 112 cm³/mol. The monoisotopic (exact) mass is 404 g/mol. The third-order valence-electron chi connectivity index (χ3n) is 4.95. The second-order valence-corrected chi connectivity index (χ2v) is 7.21. The molecule has 0 aliphatic heterocycles. The van der Waals surface area contributed by atoms with Crippen LogP contribution in [0.15, 0.2) is 66.7 Å². The zero-order valence-electron chi connectivity index (χ0n) is 16.3. The van der Waals surface area contributed by atoms with Crippen LogP contribution in [0.1, 0.15) is 24.1 Å². The minimum absolute atomic E-state index is 0.0770. The summed E-state index contributed by atoms with van der Waals surface area (Å²) in [5.74, 6) is -1.30. The normalized spacial score (nSPS) is 13.5. The summed E-state index contributed by atoms with van der Waals surface area (Å²) in [5, 5.41) is 1.01. The van der Waals surface area contributed by atoms with Crippen molar-refractivity contribution in [2.45, 2.75) is 25.4 Å². The fraction of sp³-hybridized carbons (Fsp3) is 0.208. The topological polar surface area (TPSA) is 59.5 Å². The van der Waals surface area contributed by atoms with Crippen LogP contribution in [0.4, 0.5) is 4.39 Å². The number of halogens is 1. The Kier molecular flexibility index (Phi) is 5.84. The van der Waals surface area contributed by atoms with E-state index in [0.717, 1.165) is 23.7 Å². The zero-order chi connectivity index (χ0) is 20.9. The van der Waals surface area contributed by atoms with Crippen molar-refractivity contribution in [3.8, 4) is 0 Å². The van der Waals surface area contributed by atoms with E-state index in [9.17, 15) is 14.0 Å². The van der Waals surface area contributed by atoms with Crippen LogP contribution < -0.4 is 0 Å². The Morgan fingerprint density at radius 2 is 1.83 bits per heavy atom. The van der Waals surface area contributed by atoms with E-state index in [-0.39, 0.29) is 30.9 Å². The average molecular weight is 404 g/mol. The van der Waals surface area contributed by atoms with Crippen molar-refractivity contribution in [1.82, 2.24) is 9.88 Å². The molecular formula is C24H21FN2O3. The van der Waals surface area contributed by atoms with Gasteiger partial charge in [0.25, 0.3) is 5.91 Å². The lowest BCUT2D eigenvalue weighted by molar-refractivity contribution is -0.148. The van der Waals surface area contributed by atoms with Gasteiger partial charge in [-0.1, -0.05) is 42.5 Å². The summed E-state index contributed by atoms with van der Waals surface area (Å²) >= 11 is 0. The van der Waals surface area contributed by atoms with E-state index in [2.05, 4.69) is 4.98 Å². The minimum Gasteiger partial charge on any atom is -0.452 e. The standard InChI is InChI=1S/C24H21FN2O3/c25-21-7-3-1-6-18(21)15-27(20-12-13-20)23(28)16-30-24(29)14-11-19-10-9-17-5-2-4-8-22(17)26-19/h1-11,14,20H,12-13,15-16H2/b14-11+. The largest absolute Gasteiger partial charge is 0.452 e. The second-order valence-electron chi connectivity index (χ2n) is 7.21. The first-order valence-electron chi connectivity index (χ1n) is 9.83. The molecule has 1 amide bonds. The third-order valence-corrected chi connectivity index (χ3v) is 4.95. The molecule has 30 heavy (non-hydrogen) atoms. The number of benzene rings is 2. The van der Waals surface area contributed by atoms with Gasteiger partial charge in [-0.3, -0.25) is 4.79 Å². The molecule has 0 atom stereocenters. The van der Waals surface area contributed by atoms with Gasteiger partial charge < -0.3 is 9.64 Å². The van der Waals surface area contributed by atoms with Crippen LogP contribution in [0.2, 0.25) is 0 Å². The summed E-state index contributed by atoms with van der Waals surface area (Å²) in [4.78, 5) is 30.6. The van der Waals surface area contributed by atoms with Crippen LogP contribution in [-0.4, -0.2) is 34.4 Å². The van der Waals surface area contributed by atoms with Gasteiger partial charge in [-0.15, -0.1) is 0 Å². The lowest BCUT2D eigenvalue weighted by Gasteiger charge is -2.22. The third kappa shape index (κ3) is 4.89. The van der Waals surface area contributed by atoms with Gasteiger partial charge in [0.1, 0.15) is 5.82 Å². The molecule has 0 unspecified atom stereocenters. The molecule has 3 aromatic rings. The van der Waals surface area contributed by atoms with E-state index < -0.39 is 5.97 Å². The Hall–Kier alpha value is -3.54. The number of rotatable bonds is 7. The molecule has 0 N–H and O–H groups in total. The highest BCUT2D eigenvalue weighted by molar-refractivity contribution is 5.89. The minimum atomic E-state index is -0.625. The van der Waals surface area contributed by atoms with Crippen molar-refractivity contribution in [2.75, 3.05) is 6.61 Å².